The molecule has 1 atom stereocenters. The van der Waals surface area contributed by atoms with Gasteiger partial charge in [-0.25, -0.2) is 0 Å². The molecule has 0 bridgehead atoms. The SMILES string of the molecule is CC(C)(C)[Si](C)(C)O/C=C/C[C@@H](N)CO[Si](c1ccccc1)(c1ccccc1)C(C)(C)C. The number of hydrogen-bond acceptors (Lipinski definition) is 3. The van der Waals surface area contributed by atoms with E-state index in [-0.39, 0.29) is 16.1 Å². The molecular formula is C27H43NO2Si2. The predicted molar refractivity (Wildman–Crippen MR) is 144 cm³/mol. The quantitative estimate of drug-likeness (QED) is 0.372. The minimum atomic E-state index is -2.54. The van der Waals surface area contributed by atoms with E-state index in [0.717, 1.165) is 6.42 Å². The fourth-order valence-corrected chi connectivity index (χ4v) is 9.10. The minimum Gasteiger partial charge on any atom is -0.549 e. The van der Waals surface area contributed by atoms with Gasteiger partial charge in [0.25, 0.3) is 8.32 Å². The molecule has 0 aliphatic carbocycles. The zero-order chi connectivity index (χ0) is 24.0. The van der Waals surface area contributed by atoms with Gasteiger partial charge in [-0.3, -0.25) is 0 Å². The van der Waals surface area contributed by atoms with Crippen molar-refractivity contribution in [2.24, 2.45) is 5.73 Å². The first kappa shape index (κ1) is 26.6. The van der Waals surface area contributed by atoms with Crippen LogP contribution in [-0.4, -0.2) is 29.3 Å². The van der Waals surface area contributed by atoms with Crippen LogP contribution >= 0.6 is 0 Å². The van der Waals surface area contributed by atoms with E-state index in [2.05, 4.69) is 121 Å². The highest BCUT2D eigenvalue weighted by Crippen LogP contribution is 2.37. The van der Waals surface area contributed by atoms with Crippen molar-refractivity contribution in [2.75, 3.05) is 6.61 Å². The highest BCUT2D eigenvalue weighted by molar-refractivity contribution is 6.99. The molecule has 0 amide bonds. The topological polar surface area (TPSA) is 44.5 Å². The Hall–Kier alpha value is -1.67. The van der Waals surface area contributed by atoms with E-state index in [1.54, 1.807) is 0 Å². The van der Waals surface area contributed by atoms with Crippen molar-refractivity contribution in [3.63, 3.8) is 0 Å². The van der Waals surface area contributed by atoms with Gasteiger partial charge in [0, 0.05) is 6.04 Å². The van der Waals surface area contributed by atoms with Gasteiger partial charge in [-0.05, 0) is 46.0 Å². The summed E-state index contributed by atoms with van der Waals surface area (Å²) in [6.45, 7) is 18.6. The van der Waals surface area contributed by atoms with Crippen molar-refractivity contribution in [1.82, 2.24) is 0 Å². The average molecular weight is 470 g/mol. The molecule has 0 heterocycles. The van der Waals surface area contributed by atoms with Gasteiger partial charge in [-0.2, -0.15) is 0 Å². The molecule has 32 heavy (non-hydrogen) atoms. The third kappa shape index (κ3) is 6.22. The lowest BCUT2D eigenvalue weighted by molar-refractivity contribution is 0.271. The Labute approximate surface area is 198 Å². The molecule has 0 fully saturated rings. The van der Waals surface area contributed by atoms with Crippen LogP contribution in [0.2, 0.25) is 23.2 Å². The van der Waals surface area contributed by atoms with Crippen LogP contribution in [0.4, 0.5) is 0 Å². The summed E-state index contributed by atoms with van der Waals surface area (Å²) in [5, 5.41) is 2.70. The van der Waals surface area contributed by atoms with Crippen molar-refractivity contribution in [3.8, 4) is 0 Å². The second kappa shape index (κ2) is 10.5. The summed E-state index contributed by atoms with van der Waals surface area (Å²) >= 11 is 0. The molecule has 176 valence electrons. The van der Waals surface area contributed by atoms with Crippen LogP contribution in [0.15, 0.2) is 73.0 Å². The highest BCUT2D eigenvalue weighted by Gasteiger charge is 2.50. The summed E-state index contributed by atoms with van der Waals surface area (Å²) in [5.41, 5.74) is 6.52. The molecule has 2 N–H and O–H groups in total. The second-order valence-corrected chi connectivity index (χ2v) is 20.3. The zero-order valence-corrected chi connectivity index (χ0v) is 23.3. The van der Waals surface area contributed by atoms with Crippen LogP contribution < -0.4 is 16.1 Å². The van der Waals surface area contributed by atoms with Crippen molar-refractivity contribution in [3.05, 3.63) is 73.0 Å². The van der Waals surface area contributed by atoms with Crippen LogP contribution in [-0.2, 0) is 8.85 Å². The zero-order valence-electron chi connectivity index (χ0n) is 21.3. The molecule has 0 aromatic heterocycles. The largest absolute Gasteiger partial charge is 0.549 e. The Kier molecular flexibility index (Phi) is 8.73. The number of rotatable bonds is 9. The Bertz CT molecular complexity index is 813. The average Bonchev–Trinajstić information content (AvgIpc) is 2.71. The van der Waals surface area contributed by atoms with E-state index in [0.29, 0.717) is 6.61 Å². The van der Waals surface area contributed by atoms with Gasteiger partial charge in [0.05, 0.1) is 12.9 Å². The van der Waals surface area contributed by atoms with Gasteiger partial charge >= 0.3 is 0 Å². The third-order valence-corrected chi connectivity index (χ3v) is 16.0. The Balaban J connectivity index is 2.20. The highest BCUT2D eigenvalue weighted by atomic mass is 28.4. The Morgan fingerprint density at radius 1 is 0.812 bits per heavy atom. The number of hydrogen-bond donors (Lipinski definition) is 1. The second-order valence-electron chi connectivity index (χ2n) is 11.2. The van der Waals surface area contributed by atoms with Gasteiger partial charge < -0.3 is 14.6 Å². The standard InChI is InChI=1S/C27H43NO2Si2/c1-26(2,3)31(7,8)29-21-15-16-23(28)22-30-32(27(4,5)6,24-17-11-9-12-18-24)25-19-13-10-14-20-25/h9-15,17-21,23H,16,22,28H2,1-8H3/b21-15+/t23-/m1/s1. The van der Waals surface area contributed by atoms with E-state index < -0.39 is 16.6 Å². The number of nitrogens with two attached hydrogens (primary N) is 1. The Morgan fingerprint density at radius 3 is 1.69 bits per heavy atom. The van der Waals surface area contributed by atoms with Crippen molar-refractivity contribution >= 4 is 27.0 Å². The van der Waals surface area contributed by atoms with Gasteiger partial charge in [0.1, 0.15) is 0 Å². The molecule has 0 unspecified atom stereocenters. The normalized spacial score (nSPS) is 14.5. The summed E-state index contributed by atoms with van der Waals surface area (Å²) in [6, 6.07) is 21.3. The molecule has 0 aliphatic heterocycles. The molecule has 0 saturated heterocycles. The molecule has 0 spiro atoms. The van der Waals surface area contributed by atoms with E-state index >= 15 is 0 Å². The lowest BCUT2D eigenvalue weighted by Gasteiger charge is -2.43. The fourth-order valence-electron chi connectivity index (χ4n) is 3.69. The predicted octanol–water partition coefficient (Wildman–Crippen LogP) is 5.82. The lowest BCUT2D eigenvalue weighted by Crippen LogP contribution is -2.67. The van der Waals surface area contributed by atoms with Crippen LogP contribution in [0.3, 0.4) is 0 Å². The maximum atomic E-state index is 6.93. The summed E-state index contributed by atoms with van der Waals surface area (Å²) in [6.07, 6.45) is 4.65. The maximum Gasteiger partial charge on any atom is 0.261 e. The first-order valence-electron chi connectivity index (χ1n) is 11.6. The maximum absolute atomic E-state index is 6.93. The molecule has 0 radical (unpaired) electrons. The summed E-state index contributed by atoms with van der Waals surface area (Å²) in [4.78, 5) is 0. The molecule has 2 aromatic rings. The van der Waals surface area contributed by atoms with Crippen LogP contribution in [0, 0.1) is 0 Å². The van der Waals surface area contributed by atoms with E-state index in [9.17, 15) is 0 Å². The van der Waals surface area contributed by atoms with Crippen molar-refractivity contribution in [1.29, 1.82) is 0 Å². The number of benzene rings is 2. The molecule has 3 nitrogen and oxygen atoms in total. The van der Waals surface area contributed by atoms with Crippen LogP contribution in [0.5, 0.6) is 0 Å². The molecule has 0 saturated carbocycles. The third-order valence-electron chi connectivity index (χ3n) is 6.63. The van der Waals surface area contributed by atoms with Crippen LogP contribution in [0.1, 0.15) is 48.0 Å². The first-order chi connectivity index (χ1) is 14.8. The van der Waals surface area contributed by atoms with Gasteiger partial charge in [0.2, 0.25) is 8.32 Å². The molecule has 5 heteroatoms. The summed E-state index contributed by atoms with van der Waals surface area (Å²) < 4.78 is 13.1. The summed E-state index contributed by atoms with van der Waals surface area (Å²) in [5.74, 6) is 0. The molecule has 2 rings (SSSR count). The Morgan fingerprint density at radius 2 is 1.28 bits per heavy atom. The minimum absolute atomic E-state index is 0.0449. The summed E-state index contributed by atoms with van der Waals surface area (Å²) in [7, 11) is -4.33. The molecule has 0 aliphatic rings. The molecular weight excluding hydrogens is 426 g/mol. The van der Waals surface area contributed by atoms with Crippen molar-refractivity contribution in [2.45, 2.75) is 77.2 Å². The van der Waals surface area contributed by atoms with Crippen LogP contribution in [0.25, 0.3) is 0 Å². The van der Waals surface area contributed by atoms with Gasteiger partial charge in [0.15, 0.2) is 0 Å². The smallest absolute Gasteiger partial charge is 0.261 e. The van der Waals surface area contributed by atoms with E-state index in [1.807, 2.05) is 6.26 Å². The van der Waals surface area contributed by atoms with E-state index in [4.69, 9.17) is 14.6 Å². The monoisotopic (exact) mass is 469 g/mol. The molecule has 2 aromatic carbocycles. The van der Waals surface area contributed by atoms with Gasteiger partial charge in [-0.15, -0.1) is 0 Å². The lowest BCUT2D eigenvalue weighted by atomic mass is 10.2. The van der Waals surface area contributed by atoms with E-state index in [1.165, 1.54) is 10.4 Å². The fraction of sp³-hybridized carbons (Fsp3) is 0.481. The first-order valence-corrected chi connectivity index (χ1v) is 16.5. The van der Waals surface area contributed by atoms with Crippen molar-refractivity contribution < 1.29 is 8.85 Å². The van der Waals surface area contributed by atoms with Gasteiger partial charge in [-0.1, -0.05) is 102 Å².